The van der Waals surface area contributed by atoms with E-state index < -0.39 is 0 Å². The lowest BCUT2D eigenvalue weighted by molar-refractivity contribution is 0.128. The van der Waals surface area contributed by atoms with Crippen LogP contribution < -0.4 is 5.56 Å². The Morgan fingerprint density at radius 1 is 1.33 bits per heavy atom. The highest BCUT2D eigenvalue weighted by Gasteiger charge is 2.36. The van der Waals surface area contributed by atoms with Crippen LogP contribution in [0.25, 0.3) is 10.9 Å². The molecular formula is C13H15N3OS. The van der Waals surface area contributed by atoms with Crippen LogP contribution >= 0.6 is 12.6 Å². The first-order valence-corrected chi connectivity index (χ1v) is 6.81. The monoisotopic (exact) mass is 261 g/mol. The zero-order chi connectivity index (χ0) is 12.6. The zero-order valence-corrected chi connectivity index (χ0v) is 10.9. The van der Waals surface area contributed by atoms with Crippen LogP contribution in [0.15, 0.2) is 29.1 Å². The Balaban J connectivity index is 2.03. The molecule has 1 aromatic heterocycles. The van der Waals surface area contributed by atoms with Crippen molar-refractivity contribution in [2.75, 3.05) is 5.75 Å². The highest BCUT2D eigenvalue weighted by Crippen LogP contribution is 2.42. The minimum absolute atomic E-state index is 0.0475. The first-order valence-electron chi connectivity index (χ1n) is 6.18. The van der Waals surface area contributed by atoms with Gasteiger partial charge < -0.3 is 0 Å². The fraction of sp³-hybridized carbons (Fsp3) is 0.462. The van der Waals surface area contributed by atoms with E-state index in [1.54, 1.807) is 6.07 Å². The van der Waals surface area contributed by atoms with Crippen LogP contribution in [0.2, 0.25) is 0 Å². The maximum Gasteiger partial charge on any atom is 0.277 e. The van der Waals surface area contributed by atoms with Crippen molar-refractivity contribution >= 4 is 23.5 Å². The Hall–Kier alpha value is -1.36. The minimum atomic E-state index is -0.0475. The normalized spacial score (nSPS) is 17.6. The number of hydrogen-bond donors (Lipinski definition) is 1. The van der Waals surface area contributed by atoms with Crippen LogP contribution in [-0.2, 0) is 6.54 Å². The van der Waals surface area contributed by atoms with Crippen molar-refractivity contribution in [3.63, 3.8) is 0 Å². The molecule has 1 aliphatic rings. The van der Waals surface area contributed by atoms with Gasteiger partial charge in [-0.1, -0.05) is 23.8 Å². The molecule has 2 aromatic rings. The zero-order valence-electron chi connectivity index (χ0n) is 10.0. The molecule has 1 fully saturated rings. The summed E-state index contributed by atoms with van der Waals surface area (Å²) in [6, 6.07) is 7.33. The maximum absolute atomic E-state index is 12.3. The SMILES string of the molecule is O=c1c2ccccc2nnn1CC1(CS)CCC1. The molecule has 1 aromatic carbocycles. The van der Waals surface area contributed by atoms with E-state index in [1.165, 1.54) is 11.1 Å². The van der Waals surface area contributed by atoms with Crippen LogP contribution in [0.5, 0.6) is 0 Å². The summed E-state index contributed by atoms with van der Waals surface area (Å²) in [7, 11) is 0. The first-order chi connectivity index (χ1) is 8.74. The van der Waals surface area contributed by atoms with E-state index in [0.29, 0.717) is 17.4 Å². The molecule has 0 bridgehead atoms. The summed E-state index contributed by atoms with van der Waals surface area (Å²) in [5.41, 5.74) is 0.755. The topological polar surface area (TPSA) is 47.8 Å². The second kappa shape index (κ2) is 4.39. The van der Waals surface area contributed by atoms with Crippen LogP contribution in [0.3, 0.4) is 0 Å². The van der Waals surface area contributed by atoms with Crippen LogP contribution in [0.4, 0.5) is 0 Å². The summed E-state index contributed by atoms with van der Waals surface area (Å²) in [4.78, 5) is 12.3. The van der Waals surface area contributed by atoms with Crippen LogP contribution in [0, 0.1) is 5.41 Å². The molecule has 3 rings (SSSR count). The molecule has 0 saturated heterocycles. The lowest BCUT2D eigenvalue weighted by Gasteiger charge is -2.40. The maximum atomic E-state index is 12.3. The lowest BCUT2D eigenvalue weighted by Crippen LogP contribution is -2.40. The predicted octanol–water partition coefficient (Wildman–Crippen LogP) is 1.89. The molecule has 0 aliphatic heterocycles. The van der Waals surface area contributed by atoms with E-state index >= 15 is 0 Å². The predicted molar refractivity (Wildman–Crippen MR) is 73.9 cm³/mol. The van der Waals surface area contributed by atoms with E-state index in [-0.39, 0.29) is 11.0 Å². The molecule has 18 heavy (non-hydrogen) atoms. The summed E-state index contributed by atoms with van der Waals surface area (Å²) in [6.07, 6.45) is 3.46. The van der Waals surface area contributed by atoms with E-state index in [4.69, 9.17) is 0 Å². The van der Waals surface area contributed by atoms with Gasteiger partial charge in [0.15, 0.2) is 0 Å². The van der Waals surface area contributed by atoms with Crippen molar-refractivity contribution in [1.82, 2.24) is 15.0 Å². The van der Waals surface area contributed by atoms with Crippen molar-refractivity contribution in [3.8, 4) is 0 Å². The molecular weight excluding hydrogens is 246 g/mol. The Morgan fingerprint density at radius 2 is 2.11 bits per heavy atom. The summed E-state index contributed by atoms with van der Waals surface area (Å²) in [5.74, 6) is 0.800. The van der Waals surface area contributed by atoms with Crippen molar-refractivity contribution in [3.05, 3.63) is 34.6 Å². The van der Waals surface area contributed by atoms with E-state index in [9.17, 15) is 4.79 Å². The number of fused-ring (bicyclic) bond motifs is 1. The second-order valence-corrected chi connectivity index (χ2v) is 5.40. The van der Waals surface area contributed by atoms with Crippen molar-refractivity contribution in [1.29, 1.82) is 0 Å². The molecule has 0 radical (unpaired) electrons. The Morgan fingerprint density at radius 3 is 2.78 bits per heavy atom. The fourth-order valence-corrected chi connectivity index (χ4v) is 2.90. The molecule has 4 nitrogen and oxygen atoms in total. The van der Waals surface area contributed by atoms with Gasteiger partial charge in [0.05, 0.1) is 11.9 Å². The van der Waals surface area contributed by atoms with E-state index in [1.807, 2.05) is 18.2 Å². The average Bonchev–Trinajstić information content (AvgIpc) is 2.37. The first kappa shape index (κ1) is 11.7. The van der Waals surface area contributed by atoms with Crippen molar-refractivity contribution in [2.45, 2.75) is 25.8 Å². The molecule has 5 heteroatoms. The molecule has 0 atom stereocenters. The van der Waals surface area contributed by atoms with Gasteiger partial charge in [0, 0.05) is 0 Å². The third-order valence-corrected chi connectivity index (χ3v) is 4.53. The third kappa shape index (κ3) is 1.82. The smallest absolute Gasteiger partial charge is 0.267 e. The average molecular weight is 261 g/mol. The van der Waals surface area contributed by atoms with Gasteiger partial charge in [-0.2, -0.15) is 12.6 Å². The standard InChI is InChI=1S/C13H15N3OS/c17-12-10-4-1-2-5-11(10)14-15-16(12)8-13(9-18)6-3-7-13/h1-2,4-5,18H,3,6-9H2. The van der Waals surface area contributed by atoms with Crippen LogP contribution in [0.1, 0.15) is 19.3 Å². The summed E-state index contributed by atoms with van der Waals surface area (Å²) in [5, 5.41) is 8.79. The van der Waals surface area contributed by atoms with E-state index in [0.717, 1.165) is 18.6 Å². The van der Waals surface area contributed by atoms with Crippen LogP contribution in [-0.4, -0.2) is 20.7 Å². The molecule has 1 saturated carbocycles. The fourth-order valence-electron chi connectivity index (χ4n) is 2.49. The van der Waals surface area contributed by atoms with Gasteiger partial charge in [-0.3, -0.25) is 4.79 Å². The molecule has 0 unspecified atom stereocenters. The van der Waals surface area contributed by atoms with E-state index in [2.05, 4.69) is 22.9 Å². The molecule has 0 amide bonds. The highest BCUT2D eigenvalue weighted by atomic mass is 32.1. The van der Waals surface area contributed by atoms with Gasteiger partial charge in [-0.25, -0.2) is 4.68 Å². The highest BCUT2D eigenvalue weighted by molar-refractivity contribution is 7.80. The largest absolute Gasteiger partial charge is 0.277 e. The Bertz CT molecular complexity index is 628. The number of hydrogen-bond acceptors (Lipinski definition) is 4. The van der Waals surface area contributed by atoms with Gasteiger partial charge in [0.1, 0.15) is 5.52 Å². The van der Waals surface area contributed by atoms with Crippen molar-refractivity contribution < 1.29 is 0 Å². The summed E-state index contributed by atoms with van der Waals surface area (Å²) >= 11 is 4.41. The van der Waals surface area contributed by atoms with Crippen molar-refractivity contribution in [2.24, 2.45) is 5.41 Å². The van der Waals surface area contributed by atoms with Gasteiger partial charge in [0.2, 0.25) is 0 Å². The third-order valence-electron chi connectivity index (χ3n) is 3.86. The number of thiol groups is 1. The molecule has 1 heterocycles. The van der Waals surface area contributed by atoms with Gasteiger partial charge in [-0.05, 0) is 36.1 Å². The second-order valence-electron chi connectivity index (χ2n) is 5.08. The molecule has 1 aliphatic carbocycles. The van der Waals surface area contributed by atoms with Gasteiger partial charge in [0.25, 0.3) is 5.56 Å². The number of nitrogens with zero attached hydrogens (tertiary/aromatic N) is 3. The molecule has 94 valence electrons. The quantitative estimate of drug-likeness (QED) is 0.858. The number of benzene rings is 1. The Labute approximate surface area is 110 Å². The van der Waals surface area contributed by atoms with Gasteiger partial charge >= 0.3 is 0 Å². The summed E-state index contributed by atoms with van der Waals surface area (Å²) < 4.78 is 1.50. The molecule has 0 spiro atoms. The summed E-state index contributed by atoms with van der Waals surface area (Å²) in [6.45, 7) is 0.632. The minimum Gasteiger partial charge on any atom is -0.267 e. The number of rotatable bonds is 3. The Kier molecular flexibility index (Phi) is 2.86. The molecule has 0 N–H and O–H groups in total. The lowest BCUT2D eigenvalue weighted by atomic mass is 9.70. The number of aromatic nitrogens is 3. The van der Waals surface area contributed by atoms with Gasteiger partial charge in [-0.15, -0.1) is 5.10 Å².